The van der Waals surface area contributed by atoms with Crippen LogP contribution in [0.2, 0.25) is 5.02 Å². The third kappa shape index (κ3) is 4.56. The lowest BCUT2D eigenvalue weighted by atomic mass is 10.2. The Bertz CT molecular complexity index is 1180. The molecule has 2 heterocycles. The highest BCUT2D eigenvalue weighted by Crippen LogP contribution is 2.28. The molecule has 0 saturated carbocycles. The standard InChI is InChI=1S/C22H22ClN3O4S/c1-14-12-25(9-10-30-14)20(27)13-31-22-24-17-11-15(23)7-8-16(17)21(28)26(22)18-5-3-4-6-19(18)29-2/h3-8,11,14H,9-10,12-13H2,1-2H3. The Kier molecular flexibility index (Phi) is 6.50. The summed E-state index contributed by atoms with van der Waals surface area (Å²) in [5, 5.41) is 1.33. The van der Waals surface area contributed by atoms with Crippen molar-refractivity contribution in [1.29, 1.82) is 0 Å². The molecule has 1 aliphatic heterocycles. The number of benzene rings is 2. The fourth-order valence-electron chi connectivity index (χ4n) is 3.52. The van der Waals surface area contributed by atoms with Gasteiger partial charge in [0.1, 0.15) is 5.75 Å². The fourth-order valence-corrected chi connectivity index (χ4v) is 4.60. The average Bonchev–Trinajstić information content (AvgIpc) is 2.77. The molecule has 1 aliphatic rings. The monoisotopic (exact) mass is 459 g/mol. The van der Waals surface area contributed by atoms with Gasteiger partial charge in [0.2, 0.25) is 5.91 Å². The number of aromatic nitrogens is 2. The molecule has 0 N–H and O–H groups in total. The van der Waals surface area contributed by atoms with Crippen molar-refractivity contribution in [3.63, 3.8) is 0 Å². The van der Waals surface area contributed by atoms with E-state index in [1.54, 1.807) is 42.3 Å². The van der Waals surface area contributed by atoms with Crippen molar-refractivity contribution >= 4 is 40.2 Å². The van der Waals surface area contributed by atoms with Gasteiger partial charge in [0.25, 0.3) is 5.56 Å². The predicted molar refractivity (Wildman–Crippen MR) is 122 cm³/mol. The van der Waals surface area contributed by atoms with E-state index in [4.69, 9.17) is 21.1 Å². The van der Waals surface area contributed by atoms with Gasteiger partial charge in [0.05, 0.1) is 42.2 Å². The number of rotatable bonds is 5. The molecule has 0 aliphatic carbocycles. The summed E-state index contributed by atoms with van der Waals surface area (Å²) in [7, 11) is 1.55. The largest absolute Gasteiger partial charge is 0.495 e. The number of ether oxygens (including phenoxy) is 2. The third-order valence-electron chi connectivity index (χ3n) is 5.05. The minimum absolute atomic E-state index is 0.00963. The Labute approximate surface area is 188 Å². The van der Waals surface area contributed by atoms with Crippen molar-refractivity contribution in [2.75, 3.05) is 32.6 Å². The fraction of sp³-hybridized carbons (Fsp3) is 0.318. The van der Waals surface area contributed by atoms with E-state index in [0.717, 1.165) is 0 Å². The summed E-state index contributed by atoms with van der Waals surface area (Å²) in [6.07, 6.45) is 0.00963. The molecule has 1 atom stereocenters. The highest BCUT2D eigenvalue weighted by molar-refractivity contribution is 7.99. The summed E-state index contributed by atoms with van der Waals surface area (Å²) in [5.74, 6) is 0.669. The van der Waals surface area contributed by atoms with Crippen LogP contribution in [0.15, 0.2) is 52.4 Å². The maximum atomic E-state index is 13.4. The zero-order valence-corrected chi connectivity index (χ0v) is 18.8. The second-order valence-electron chi connectivity index (χ2n) is 7.18. The number of halogens is 1. The van der Waals surface area contributed by atoms with Crippen LogP contribution in [-0.2, 0) is 9.53 Å². The number of methoxy groups -OCH3 is 1. The van der Waals surface area contributed by atoms with Gasteiger partial charge in [-0.3, -0.25) is 14.2 Å². The predicted octanol–water partition coefficient (Wildman–Crippen LogP) is 3.39. The van der Waals surface area contributed by atoms with E-state index in [1.807, 2.05) is 19.1 Å². The molecule has 9 heteroatoms. The average molecular weight is 460 g/mol. The molecule has 0 spiro atoms. The molecule has 0 radical (unpaired) electrons. The molecule has 4 rings (SSSR count). The van der Waals surface area contributed by atoms with Gasteiger partial charge in [0, 0.05) is 18.1 Å². The number of hydrogen-bond acceptors (Lipinski definition) is 6. The molecule has 0 bridgehead atoms. The summed E-state index contributed by atoms with van der Waals surface area (Å²) in [6, 6.07) is 12.2. The second kappa shape index (κ2) is 9.30. The molecule has 1 fully saturated rings. The van der Waals surface area contributed by atoms with Crippen molar-refractivity contribution < 1.29 is 14.3 Å². The number of fused-ring (bicyclic) bond motifs is 1. The van der Waals surface area contributed by atoms with E-state index >= 15 is 0 Å². The first kappa shape index (κ1) is 21.7. The van der Waals surface area contributed by atoms with E-state index in [9.17, 15) is 9.59 Å². The Balaban J connectivity index is 1.75. The third-order valence-corrected chi connectivity index (χ3v) is 6.20. The molecule has 7 nitrogen and oxygen atoms in total. The van der Waals surface area contributed by atoms with Gasteiger partial charge in [-0.25, -0.2) is 4.98 Å². The first-order valence-corrected chi connectivity index (χ1v) is 11.2. The molecule has 3 aromatic rings. The van der Waals surface area contributed by atoms with Gasteiger partial charge in [-0.05, 0) is 37.3 Å². The van der Waals surface area contributed by atoms with Crippen LogP contribution in [0, 0.1) is 0 Å². The summed E-state index contributed by atoms with van der Waals surface area (Å²) in [4.78, 5) is 32.7. The number of morpholine rings is 1. The lowest BCUT2D eigenvalue weighted by Crippen LogP contribution is -2.45. The van der Waals surface area contributed by atoms with Gasteiger partial charge in [0.15, 0.2) is 5.16 Å². The molecular formula is C22H22ClN3O4S. The highest BCUT2D eigenvalue weighted by Gasteiger charge is 2.23. The number of amides is 1. The van der Waals surface area contributed by atoms with Gasteiger partial charge in [-0.2, -0.15) is 0 Å². The van der Waals surface area contributed by atoms with Crippen molar-refractivity contribution in [1.82, 2.24) is 14.5 Å². The Hall–Kier alpha value is -2.55. The minimum Gasteiger partial charge on any atom is -0.495 e. The molecule has 31 heavy (non-hydrogen) atoms. The van der Waals surface area contributed by atoms with Crippen LogP contribution in [0.1, 0.15) is 6.92 Å². The van der Waals surface area contributed by atoms with Crippen molar-refractivity contribution in [3.8, 4) is 11.4 Å². The maximum Gasteiger partial charge on any atom is 0.266 e. The lowest BCUT2D eigenvalue weighted by Gasteiger charge is -2.31. The number of carbonyl (C=O) groups excluding carboxylic acids is 1. The van der Waals surface area contributed by atoms with Gasteiger partial charge >= 0.3 is 0 Å². The molecule has 1 amide bonds. The van der Waals surface area contributed by atoms with Gasteiger partial charge < -0.3 is 14.4 Å². The van der Waals surface area contributed by atoms with Crippen molar-refractivity contribution in [3.05, 3.63) is 57.8 Å². The van der Waals surface area contributed by atoms with E-state index in [2.05, 4.69) is 4.98 Å². The first-order valence-electron chi connectivity index (χ1n) is 9.86. The maximum absolute atomic E-state index is 13.4. The summed E-state index contributed by atoms with van der Waals surface area (Å²) >= 11 is 7.34. The molecule has 162 valence electrons. The zero-order chi connectivity index (χ0) is 22.0. The number of thioether (sulfide) groups is 1. The van der Waals surface area contributed by atoms with Crippen LogP contribution in [0.4, 0.5) is 0 Å². The Morgan fingerprint density at radius 2 is 2.13 bits per heavy atom. The van der Waals surface area contributed by atoms with E-state index in [-0.39, 0.29) is 23.3 Å². The van der Waals surface area contributed by atoms with Gasteiger partial charge in [-0.15, -0.1) is 0 Å². The normalized spacial score (nSPS) is 16.5. The number of hydrogen-bond donors (Lipinski definition) is 0. The number of para-hydroxylation sites is 2. The minimum atomic E-state index is -0.249. The smallest absolute Gasteiger partial charge is 0.266 e. The second-order valence-corrected chi connectivity index (χ2v) is 8.56. The summed E-state index contributed by atoms with van der Waals surface area (Å²) < 4.78 is 12.5. The molecule has 2 aromatic carbocycles. The molecule has 1 aromatic heterocycles. The molecular weight excluding hydrogens is 438 g/mol. The summed E-state index contributed by atoms with van der Waals surface area (Å²) in [5.41, 5.74) is 0.800. The van der Waals surface area contributed by atoms with Crippen LogP contribution in [0.3, 0.4) is 0 Å². The van der Waals surface area contributed by atoms with E-state index < -0.39 is 0 Å². The van der Waals surface area contributed by atoms with Crippen LogP contribution in [0.5, 0.6) is 5.75 Å². The Morgan fingerprint density at radius 3 is 2.90 bits per heavy atom. The number of nitrogens with zero attached hydrogens (tertiary/aromatic N) is 3. The topological polar surface area (TPSA) is 73.7 Å². The summed E-state index contributed by atoms with van der Waals surface area (Å²) in [6.45, 7) is 3.58. The highest BCUT2D eigenvalue weighted by atomic mass is 35.5. The Morgan fingerprint density at radius 1 is 1.32 bits per heavy atom. The SMILES string of the molecule is COc1ccccc1-n1c(SCC(=O)N2CCOC(C)C2)nc2cc(Cl)ccc2c1=O. The zero-order valence-electron chi connectivity index (χ0n) is 17.2. The van der Waals surface area contributed by atoms with Crippen LogP contribution in [-0.4, -0.2) is 59.0 Å². The van der Waals surface area contributed by atoms with Crippen LogP contribution >= 0.6 is 23.4 Å². The van der Waals surface area contributed by atoms with Crippen molar-refractivity contribution in [2.24, 2.45) is 0 Å². The molecule has 1 unspecified atom stereocenters. The van der Waals surface area contributed by atoms with E-state index in [0.29, 0.717) is 52.2 Å². The van der Waals surface area contributed by atoms with Gasteiger partial charge in [-0.1, -0.05) is 35.5 Å². The van der Waals surface area contributed by atoms with Crippen LogP contribution < -0.4 is 10.3 Å². The van der Waals surface area contributed by atoms with Crippen LogP contribution in [0.25, 0.3) is 16.6 Å². The van der Waals surface area contributed by atoms with E-state index in [1.165, 1.54) is 16.3 Å². The van der Waals surface area contributed by atoms with Crippen molar-refractivity contribution in [2.45, 2.75) is 18.2 Å². The molecule has 1 saturated heterocycles. The number of carbonyl (C=O) groups is 1. The lowest BCUT2D eigenvalue weighted by molar-refractivity contribution is -0.135. The quantitative estimate of drug-likeness (QED) is 0.430. The first-order chi connectivity index (χ1) is 15.0.